The molecule has 0 aliphatic heterocycles. The maximum absolute atomic E-state index is 12.8. The van der Waals surface area contributed by atoms with Crippen molar-refractivity contribution in [2.75, 3.05) is 46.1 Å². The first-order chi connectivity index (χ1) is 27.7. The third-order valence-electron chi connectivity index (χ3n) is 8.26. The molecule has 0 aliphatic rings. The predicted molar refractivity (Wildman–Crippen MR) is 234 cm³/mol. The predicted octanol–water partition coefficient (Wildman–Crippen LogP) is 9.21. The zero-order valence-corrected chi connectivity index (χ0v) is 34.9. The van der Waals surface area contributed by atoms with Gasteiger partial charge in [-0.15, -0.1) is 0 Å². The molecular weight excluding hydrogens is 738 g/mol. The lowest BCUT2D eigenvalue weighted by molar-refractivity contribution is -0.134. The quantitative estimate of drug-likeness (QED) is 0.0536. The summed E-state index contributed by atoms with van der Waals surface area (Å²) in [4.78, 5) is 37.1. The van der Waals surface area contributed by atoms with Crippen molar-refractivity contribution in [3.05, 3.63) is 138 Å². The summed E-state index contributed by atoms with van der Waals surface area (Å²) >= 11 is 5.89. The fourth-order valence-corrected chi connectivity index (χ4v) is 5.19. The van der Waals surface area contributed by atoms with E-state index in [1.54, 1.807) is 38.1 Å². The average molecular weight is 802 g/mol. The molecule has 3 amide bonds. The molecule has 0 heterocycles. The van der Waals surface area contributed by atoms with E-state index in [1.807, 2.05) is 30.3 Å². The summed E-state index contributed by atoms with van der Waals surface area (Å²) in [6.07, 6.45) is 33.6. The van der Waals surface area contributed by atoms with Crippen molar-refractivity contribution in [1.29, 1.82) is 0 Å². The molecule has 3 N–H and O–H groups in total. The fourth-order valence-electron chi connectivity index (χ4n) is 5.07. The molecule has 0 aromatic heterocycles. The van der Waals surface area contributed by atoms with Crippen molar-refractivity contribution >= 4 is 29.3 Å². The lowest BCUT2D eigenvalue weighted by Crippen LogP contribution is -2.47. The number of carbonyl (C=O) groups is 3. The van der Waals surface area contributed by atoms with Gasteiger partial charge in [-0.25, -0.2) is 0 Å². The Bertz CT molecular complexity index is 1590. The Labute approximate surface area is 346 Å². The van der Waals surface area contributed by atoms with E-state index in [2.05, 4.69) is 89.7 Å². The van der Waals surface area contributed by atoms with Crippen LogP contribution in [0.3, 0.4) is 0 Å². The molecule has 2 aromatic carbocycles. The van der Waals surface area contributed by atoms with Crippen LogP contribution in [-0.2, 0) is 25.5 Å². The number of allylic oxidation sites excluding steroid dienone is 12. The molecule has 9 nitrogen and oxygen atoms in total. The molecular formula is C47H64ClN3O6. The summed E-state index contributed by atoms with van der Waals surface area (Å²) in [7, 11) is 0. The highest BCUT2D eigenvalue weighted by Gasteiger charge is 2.29. The van der Waals surface area contributed by atoms with Gasteiger partial charge in [0.2, 0.25) is 5.91 Å². The van der Waals surface area contributed by atoms with Crippen LogP contribution in [0.15, 0.2) is 121 Å². The summed E-state index contributed by atoms with van der Waals surface area (Å²) in [5, 5.41) is 9.20. The number of benzene rings is 2. The Morgan fingerprint density at radius 2 is 1.12 bits per heavy atom. The standard InChI is InChI=1S/C47H64ClN3O6/c1-4-5-6-7-8-9-10-11-12-13-14-15-16-17-18-19-20-21-22-23-44(52)49-34-36-55-38-39-56-37-35-51-46(54)47(2,3)57-43-30-24-40(25-31-43)32-33-50-45(53)41-26-28-42(48)29-27-41/h5-6,8-9,11-12,14-15,17-18,20-21,24-31H,4,7,10,13,16,19,22-23,32-39H2,1-3H3,(H,49,52)(H,50,53)(H,51,54). The van der Waals surface area contributed by atoms with Crippen LogP contribution < -0.4 is 20.7 Å². The van der Waals surface area contributed by atoms with Crippen molar-refractivity contribution in [1.82, 2.24) is 16.0 Å². The van der Waals surface area contributed by atoms with E-state index >= 15 is 0 Å². The average Bonchev–Trinajstić information content (AvgIpc) is 3.20. The number of carbonyl (C=O) groups excluding carboxylic acids is 3. The van der Waals surface area contributed by atoms with Gasteiger partial charge >= 0.3 is 0 Å². The van der Waals surface area contributed by atoms with Gasteiger partial charge in [-0.3, -0.25) is 14.4 Å². The first kappa shape index (κ1) is 48.4. The maximum Gasteiger partial charge on any atom is 0.263 e. The largest absolute Gasteiger partial charge is 0.478 e. The highest BCUT2D eigenvalue weighted by molar-refractivity contribution is 6.30. The first-order valence-corrected chi connectivity index (χ1v) is 20.5. The minimum atomic E-state index is -1.09. The van der Waals surface area contributed by atoms with E-state index in [1.165, 1.54) is 0 Å². The summed E-state index contributed by atoms with van der Waals surface area (Å²) in [6.45, 7) is 8.33. The van der Waals surface area contributed by atoms with Crippen LogP contribution in [0.5, 0.6) is 5.75 Å². The highest BCUT2D eigenvalue weighted by Crippen LogP contribution is 2.19. The van der Waals surface area contributed by atoms with Crippen LogP contribution in [-0.4, -0.2) is 69.4 Å². The molecule has 10 heteroatoms. The van der Waals surface area contributed by atoms with Crippen LogP contribution in [0.25, 0.3) is 0 Å². The summed E-state index contributed by atoms with van der Waals surface area (Å²) in [5.74, 6) is 0.161. The highest BCUT2D eigenvalue weighted by atomic mass is 35.5. The Balaban J connectivity index is 1.41. The van der Waals surface area contributed by atoms with Crippen LogP contribution in [0, 0.1) is 0 Å². The molecule has 57 heavy (non-hydrogen) atoms. The zero-order chi connectivity index (χ0) is 41.2. The smallest absolute Gasteiger partial charge is 0.263 e. The lowest BCUT2D eigenvalue weighted by Gasteiger charge is -2.25. The van der Waals surface area contributed by atoms with Gasteiger partial charge < -0.3 is 30.2 Å². The van der Waals surface area contributed by atoms with Crippen LogP contribution in [0.1, 0.15) is 88.1 Å². The third kappa shape index (κ3) is 25.2. The number of rotatable bonds is 30. The van der Waals surface area contributed by atoms with Gasteiger partial charge in [-0.1, -0.05) is 104 Å². The van der Waals surface area contributed by atoms with Crippen LogP contribution >= 0.6 is 11.6 Å². The second-order valence-corrected chi connectivity index (χ2v) is 14.0. The van der Waals surface area contributed by atoms with Gasteiger partial charge in [0.05, 0.1) is 26.4 Å². The molecule has 0 bridgehead atoms. The minimum Gasteiger partial charge on any atom is -0.478 e. The van der Waals surface area contributed by atoms with E-state index in [-0.39, 0.29) is 17.7 Å². The molecule has 0 aliphatic carbocycles. The molecule has 0 unspecified atom stereocenters. The molecule has 0 atom stereocenters. The lowest BCUT2D eigenvalue weighted by atomic mass is 10.1. The van der Waals surface area contributed by atoms with Crippen molar-refractivity contribution < 1.29 is 28.6 Å². The number of ether oxygens (including phenoxy) is 3. The molecule has 0 saturated carbocycles. The number of hydrogen-bond donors (Lipinski definition) is 3. The SMILES string of the molecule is CCC=CCC=CCC=CCC=CCC=CCC=CCCC(=O)NCCOCCOCCNC(=O)C(C)(C)Oc1ccc(CCNC(=O)c2ccc(Cl)cc2)cc1. The molecule has 0 spiro atoms. The third-order valence-corrected chi connectivity index (χ3v) is 8.51. The monoisotopic (exact) mass is 801 g/mol. The van der Waals surface area contributed by atoms with E-state index in [9.17, 15) is 14.4 Å². The van der Waals surface area contributed by atoms with Crippen molar-refractivity contribution in [3.8, 4) is 5.75 Å². The van der Waals surface area contributed by atoms with Crippen molar-refractivity contribution in [2.24, 2.45) is 0 Å². The van der Waals surface area contributed by atoms with Crippen molar-refractivity contribution in [3.63, 3.8) is 0 Å². The molecule has 0 saturated heterocycles. The normalized spacial score (nSPS) is 12.2. The van der Waals surface area contributed by atoms with E-state index < -0.39 is 5.60 Å². The first-order valence-electron chi connectivity index (χ1n) is 20.1. The Morgan fingerprint density at radius 3 is 1.67 bits per heavy atom. The van der Waals surface area contributed by atoms with Gasteiger partial charge in [0.1, 0.15) is 5.75 Å². The van der Waals surface area contributed by atoms with Gasteiger partial charge in [-0.2, -0.15) is 0 Å². The summed E-state index contributed by atoms with van der Waals surface area (Å²) in [5.41, 5.74) is 0.497. The number of hydrogen-bond acceptors (Lipinski definition) is 6. The van der Waals surface area contributed by atoms with E-state index in [0.29, 0.717) is 81.7 Å². The Hall–Kier alpha value is -4.70. The second kappa shape index (κ2) is 31.4. The van der Waals surface area contributed by atoms with Gasteiger partial charge in [0, 0.05) is 36.6 Å². The van der Waals surface area contributed by atoms with E-state index in [0.717, 1.165) is 44.1 Å². The summed E-state index contributed by atoms with van der Waals surface area (Å²) < 4.78 is 17.1. The van der Waals surface area contributed by atoms with Crippen molar-refractivity contribution in [2.45, 2.75) is 84.2 Å². The van der Waals surface area contributed by atoms with Gasteiger partial charge in [-0.05, 0) is 107 Å². The molecule has 2 aromatic rings. The number of halogens is 1. The molecule has 0 fully saturated rings. The van der Waals surface area contributed by atoms with Gasteiger partial charge in [0.15, 0.2) is 5.60 Å². The fraction of sp³-hybridized carbons (Fsp3) is 0.426. The molecule has 2 rings (SSSR count). The topological polar surface area (TPSA) is 115 Å². The van der Waals surface area contributed by atoms with Crippen LogP contribution in [0.4, 0.5) is 0 Å². The number of amides is 3. The maximum atomic E-state index is 12.8. The van der Waals surface area contributed by atoms with Gasteiger partial charge in [0.25, 0.3) is 11.8 Å². The number of nitrogens with one attached hydrogen (secondary N) is 3. The van der Waals surface area contributed by atoms with Crippen LogP contribution in [0.2, 0.25) is 5.02 Å². The molecule has 310 valence electrons. The zero-order valence-electron chi connectivity index (χ0n) is 34.2. The Morgan fingerprint density at radius 1 is 0.614 bits per heavy atom. The van der Waals surface area contributed by atoms with E-state index in [4.69, 9.17) is 25.8 Å². The second-order valence-electron chi connectivity index (χ2n) is 13.6. The molecule has 0 radical (unpaired) electrons. The summed E-state index contributed by atoms with van der Waals surface area (Å²) in [6, 6.07) is 14.2. The minimum absolute atomic E-state index is 0.00222. The Kier molecular flexibility index (Phi) is 26.7.